The summed E-state index contributed by atoms with van der Waals surface area (Å²) < 4.78 is 13.7. The smallest absolute Gasteiger partial charge is 0.141 e. The summed E-state index contributed by atoms with van der Waals surface area (Å²) in [6, 6.07) is 10.3. The molecule has 0 saturated carbocycles. The van der Waals surface area contributed by atoms with Gasteiger partial charge in [-0.2, -0.15) is 0 Å². The number of benzene rings is 1. The van der Waals surface area contributed by atoms with E-state index in [2.05, 4.69) is 36.2 Å². The van der Waals surface area contributed by atoms with E-state index < -0.39 is 10.8 Å². The number of nitrogens with zero attached hydrogens (tertiary/aromatic N) is 2. The largest absolute Gasteiger partial charge is 0.396 e. The number of unbranched alkanes of at least 4 members (excludes halogenated alkanes) is 1. The molecule has 0 radical (unpaired) electrons. The Bertz CT molecular complexity index is 1300. The lowest BCUT2D eigenvalue weighted by molar-refractivity contribution is -0.119. The lowest BCUT2D eigenvalue weighted by atomic mass is 9.98. The predicted octanol–water partition coefficient (Wildman–Crippen LogP) is 6.88. The van der Waals surface area contributed by atoms with E-state index in [1.807, 2.05) is 18.4 Å². The Morgan fingerprint density at radius 1 is 1.12 bits per heavy atom. The molecule has 1 atom stereocenters. The van der Waals surface area contributed by atoms with Gasteiger partial charge in [0.15, 0.2) is 0 Å². The topological polar surface area (TPSA) is 85.9 Å². The monoisotopic (exact) mass is 511 g/mol. The van der Waals surface area contributed by atoms with Crippen LogP contribution in [-0.2, 0) is 22.0 Å². The summed E-state index contributed by atoms with van der Waals surface area (Å²) in [6.07, 6.45) is 6.52. The first-order valence-electron chi connectivity index (χ1n) is 11.6. The molecule has 2 N–H and O–H groups in total. The summed E-state index contributed by atoms with van der Waals surface area (Å²) in [6.45, 7) is 4.12. The second kappa shape index (κ2) is 11.3. The Labute approximate surface area is 210 Å². The maximum Gasteiger partial charge on any atom is 0.141 e. The standard InChI is InChI=1S/C26H29N3O2S3/c1-3-5-15-34(31)26-23(27)22-20(16-21(29-25(22)33-26)24-28-13-14-32-24)18-10-7-17(8-11-18)9-12-19(30)6-4-2/h7-8,10-11,13-14,16H,3-6,9,12,15,27H2,1-2H3. The van der Waals surface area contributed by atoms with Gasteiger partial charge in [0.25, 0.3) is 0 Å². The van der Waals surface area contributed by atoms with E-state index in [9.17, 15) is 9.00 Å². The van der Waals surface area contributed by atoms with Crippen LogP contribution in [0, 0.1) is 0 Å². The first kappa shape index (κ1) is 24.7. The third-order valence-corrected chi connectivity index (χ3v) is 9.48. The first-order valence-corrected chi connectivity index (χ1v) is 14.7. The molecule has 5 nitrogen and oxygen atoms in total. The highest BCUT2D eigenvalue weighted by atomic mass is 32.2. The van der Waals surface area contributed by atoms with Gasteiger partial charge in [0, 0.05) is 35.6 Å². The van der Waals surface area contributed by atoms with Crippen LogP contribution in [0.3, 0.4) is 0 Å². The quantitative estimate of drug-likeness (QED) is 0.237. The molecule has 8 heteroatoms. The molecule has 4 aromatic rings. The Morgan fingerprint density at radius 2 is 1.91 bits per heavy atom. The molecule has 0 aliphatic rings. The second-order valence-corrected chi connectivity index (χ2v) is 11.9. The Kier molecular flexibility index (Phi) is 8.24. The van der Waals surface area contributed by atoms with Crippen molar-refractivity contribution in [2.45, 2.75) is 56.6 Å². The third-order valence-electron chi connectivity index (χ3n) is 5.69. The SMILES string of the molecule is CCCCS(=O)c1sc2nc(-c3nccs3)cc(-c3ccc(CCC(=O)CCC)cc3)c2c1N. The Morgan fingerprint density at radius 3 is 2.59 bits per heavy atom. The van der Waals surface area contributed by atoms with Gasteiger partial charge >= 0.3 is 0 Å². The van der Waals surface area contributed by atoms with Crippen molar-refractivity contribution in [1.82, 2.24) is 9.97 Å². The number of thiazole rings is 1. The van der Waals surface area contributed by atoms with Crippen molar-refractivity contribution >= 4 is 55.2 Å². The Hall–Kier alpha value is -2.42. The number of rotatable bonds is 11. The average molecular weight is 512 g/mol. The molecule has 0 saturated heterocycles. The number of Topliss-reactive ketones (excluding diaryl/α,β-unsaturated/α-hetero) is 1. The van der Waals surface area contributed by atoms with Gasteiger partial charge in [-0.05, 0) is 42.0 Å². The highest BCUT2D eigenvalue weighted by Crippen LogP contribution is 2.43. The van der Waals surface area contributed by atoms with E-state index in [-0.39, 0.29) is 0 Å². The molecule has 0 aliphatic carbocycles. The highest BCUT2D eigenvalue weighted by molar-refractivity contribution is 7.87. The van der Waals surface area contributed by atoms with Crippen molar-refractivity contribution in [1.29, 1.82) is 0 Å². The van der Waals surface area contributed by atoms with Crippen molar-refractivity contribution < 1.29 is 9.00 Å². The molecule has 0 aliphatic heterocycles. The Balaban J connectivity index is 1.75. The molecule has 0 bridgehead atoms. The van der Waals surface area contributed by atoms with Crippen molar-refractivity contribution in [3.8, 4) is 21.8 Å². The molecule has 3 heterocycles. The van der Waals surface area contributed by atoms with Crippen molar-refractivity contribution in [2.75, 3.05) is 11.5 Å². The molecule has 34 heavy (non-hydrogen) atoms. The van der Waals surface area contributed by atoms with Crippen LogP contribution in [0.25, 0.3) is 32.0 Å². The lowest BCUT2D eigenvalue weighted by Gasteiger charge is -2.09. The summed E-state index contributed by atoms with van der Waals surface area (Å²) in [5, 5.41) is 3.63. The van der Waals surface area contributed by atoms with Gasteiger partial charge in [0.05, 0.1) is 16.5 Å². The number of nitrogen functional groups attached to an aromatic ring is 1. The average Bonchev–Trinajstić information content (AvgIpc) is 3.50. The minimum absolute atomic E-state index is 0.310. The number of thiophene rings is 1. The zero-order valence-electron chi connectivity index (χ0n) is 19.5. The molecule has 4 rings (SSSR count). The molecule has 1 unspecified atom stereocenters. The zero-order valence-corrected chi connectivity index (χ0v) is 22.0. The number of aromatic nitrogens is 2. The van der Waals surface area contributed by atoms with Crippen molar-refractivity contribution in [3.05, 3.63) is 47.5 Å². The zero-order chi connectivity index (χ0) is 24.1. The van der Waals surface area contributed by atoms with Crippen LogP contribution in [0.5, 0.6) is 0 Å². The van der Waals surface area contributed by atoms with Gasteiger partial charge in [-0.3, -0.25) is 9.00 Å². The molecule has 0 spiro atoms. The van der Waals surface area contributed by atoms with E-state index in [4.69, 9.17) is 10.7 Å². The number of carbonyl (C=O) groups excluding carboxylic acids is 1. The van der Waals surface area contributed by atoms with Crippen molar-refractivity contribution in [2.24, 2.45) is 0 Å². The van der Waals surface area contributed by atoms with E-state index >= 15 is 0 Å². The van der Waals surface area contributed by atoms with Crippen LogP contribution < -0.4 is 5.73 Å². The normalized spacial score (nSPS) is 12.3. The fourth-order valence-corrected chi connectivity index (χ4v) is 7.26. The van der Waals surface area contributed by atoms with Gasteiger partial charge in [0.2, 0.25) is 0 Å². The number of anilines is 1. The molecule has 3 aromatic heterocycles. The van der Waals surface area contributed by atoms with Crippen LogP contribution in [0.2, 0.25) is 0 Å². The van der Waals surface area contributed by atoms with E-state index in [0.29, 0.717) is 34.3 Å². The number of fused-ring (bicyclic) bond motifs is 1. The van der Waals surface area contributed by atoms with Crippen LogP contribution in [-0.4, -0.2) is 25.7 Å². The fraction of sp³-hybridized carbons (Fsp3) is 0.346. The number of hydrogen-bond acceptors (Lipinski definition) is 7. The minimum atomic E-state index is -1.14. The molecular weight excluding hydrogens is 483 g/mol. The number of ketones is 1. The summed E-state index contributed by atoms with van der Waals surface area (Å²) in [5.41, 5.74) is 11.1. The van der Waals surface area contributed by atoms with Crippen LogP contribution in [0.15, 0.2) is 46.1 Å². The van der Waals surface area contributed by atoms with Gasteiger partial charge in [-0.1, -0.05) is 44.5 Å². The van der Waals surface area contributed by atoms with Crippen LogP contribution in [0.1, 0.15) is 51.5 Å². The minimum Gasteiger partial charge on any atom is -0.396 e. The van der Waals surface area contributed by atoms with Gasteiger partial charge in [-0.25, -0.2) is 9.97 Å². The molecule has 0 amide bonds. The summed E-state index contributed by atoms with van der Waals surface area (Å²) in [7, 11) is -1.14. The van der Waals surface area contributed by atoms with Gasteiger partial charge in [-0.15, -0.1) is 22.7 Å². The van der Waals surface area contributed by atoms with Gasteiger partial charge < -0.3 is 5.73 Å². The lowest BCUT2D eigenvalue weighted by Crippen LogP contribution is -1.99. The molecule has 0 fully saturated rings. The van der Waals surface area contributed by atoms with Crippen LogP contribution in [0.4, 0.5) is 5.69 Å². The van der Waals surface area contributed by atoms with E-state index in [1.54, 1.807) is 17.5 Å². The first-order chi connectivity index (χ1) is 16.5. The van der Waals surface area contributed by atoms with Crippen LogP contribution >= 0.6 is 22.7 Å². The number of hydrogen-bond donors (Lipinski definition) is 1. The summed E-state index contributed by atoms with van der Waals surface area (Å²) in [5.74, 6) is 0.915. The maximum atomic E-state index is 12.9. The summed E-state index contributed by atoms with van der Waals surface area (Å²) >= 11 is 2.97. The number of aryl methyl sites for hydroxylation is 1. The maximum absolute atomic E-state index is 12.9. The predicted molar refractivity (Wildman–Crippen MR) is 145 cm³/mol. The molecular formula is C26H29N3O2S3. The van der Waals surface area contributed by atoms with E-state index in [1.165, 1.54) is 11.3 Å². The molecule has 1 aromatic carbocycles. The highest BCUT2D eigenvalue weighted by Gasteiger charge is 2.21. The second-order valence-electron chi connectivity index (χ2n) is 8.26. The number of pyridine rings is 1. The van der Waals surface area contributed by atoms with Crippen molar-refractivity contribution in [3.63, 3.8) is 0 Å². The number of carbonyl (C=O) groups is 1. The summed E-state index contributed by atoms with van der Waals surface area (Å²) in [4.78, 5) is 22.0. The number of nitrogens with two attached hydrogens (primary N) is 1. The molecule has 178 valence electrons. The van der Waals surface area contributed by atoms with E-state index in [0.717, 1.165) is 63.3 Å². The van der Waals surface area contributed by atoms with Gasteiger partial charge in [0.1, 0.15) is 25.5 Å². The third kappa shape index (κ3) is 5.45. The fourth-order valence-electron chi connectivity index (χ4n) is 3.86.